The average Bonchev–Trinajstić information content (AvgIpc) is 4.19. The van der Waals surface area contributed by atoms with Gasteiger partial charge >= 0.3 is 0 Å². The van der Waals surface area contributed by atoms with Gasteiger partial charge in [0, 0.05) is 53.7 Å². The highest BCUT2D eigenvalue weighted by atomic mass is 32.1. The third-order valence-electron chi connectivity index (χ3n) is 13.6. The first kappa shape index (κ1) is 41.0. The van der Waals surface area contributed by atoms with Crippen LogP contribution in [0, 0.1) is 0 Å². The lowest BCUT2D eigenvalue weighted by molar-refractivity contribution is 0.350. The van der Waals surface area contributed by atoms with Gasteiger partial charge in [0.1, 0.15) is 22.2 Å². The maximum absolute atomic E-state index is 11.6. The van der Waals surface area contributed by atoms with Crippen molar-refractivity contribution < 1.29 is 45.3 Å². The number of aromatic hydroxyl groups is 8. The molecule has 0 fully saturated rings. The molecule has 14 nitrogen and oxygen atoms in total. The molecule has 15 heteroatoms. The number of phenols is 8. The summed E-state index contributed by atoms with van der Waals surface area (Å²) in [5.74, 6) is -6.60. The van der Waals surface area contributed by atoms with Crippen LogP contribution >= 0.6 is 11.3 Å². The van der Waals surface area contributed by atoms with E-state index in [9.17, 15) is 40.9 Å². The smallest absolute Gasteiger partial charge is 0.206 e. The Morgan fingerprint density at radius 3 is 1.61 bits per heavy atom. The molecular weight excluding hydrogens is 931 g/mol. The van der Waals surface area contributed by atoms with Crippen molar-refractivity contribution in [3.63, 3.8) is 0 Å². The van der Waals surface area contributed by atoms with E-state index in [-0.39, 0.29) is 16.7 Å². The van der Waals surface area contributed by atoms with Crippen LogP contribution in [0.15, 0.2) is 156 Å². The first-order valence-electron chi connectivity index (χ1n) is 22.6. The van der Waals surface area contributed by atoms with Crippen LogP contribution in [-0.2, 0) is 0 Å². The van der Waals surface area contributed by atoms with Crippen LogP contribution in [0.3, 0.4) is 0 Å². The summed E-state index contributed by atoms with van der Waals surface area (Å²) >= 11 is 1.60. The molecule has 0 aliphatic heterocycles. The van der Waals surface area contributed by atoms with Crippen LogP contribution in [0.2, 0.25) is 0 Å². The largest absolute Gasteiger partial charge is 0.504 e. The Labute approximate surface area is 407 Å². The van der Waals surface area contributed by atoms with E-state index >= 15 is 0 Å². The molecule has 0 saturated heterocycles. The van der Waals surface area contributed by atoms with Crippen LogP contribution in [0.25, 0.3) is 131 Å². The lowest BCUT2D eigenvalue weighted by Gasteiger charge is -2.14. The number of aromatic nitrogens is 5. The summed E-state index contributed by atoms with van der Waals surface area (Å²) in [4.78, 5) is 15.5. The Bertz CT molecular complexity index is 4610. The molecule has 8 N–H and O–H groups in total. The van der Waals surface area contributed by atoms with Gasteiger partial charge in [0.25, 0.3) is 0 Å². The SMILES string of the molecule is Oc1c(O)c(O)c2c(c1O)c1c(O)c(O)c(O)c(O)c1n2-c1cccc2c1c1ccccc1n2-c1cccc2c1sc1cccc(-c3nc(-c4ccccc4)nc(-c4cccc5oc6ccccc6c45)n3)c12. The quantitative estimate of drug-likeness (QED) is 0.0596. The molecule has 0 saturated carbocycles. The van der Waals surface area contributed by atoms with Gasteiger partial charge in [-0.15, -0.1) is 11.3 Å². The Kier molecular flexibility index (Phi) is 8.41. The molecule has 0 radical (unpaired) electrons. The van der Waals surface area contributed by atoms with E-state index in [0.29, 0.717) is 33.8 Å². The summed E-state index contributed by atoms with van der Waals surface area (Å²) in [7, 11) is 0. The summed E-state index contributed by atoms with van der Waals surface area (Å²) in [6.07, 6.45) is 0. The summed E-state index contributed by atoms with van der Waals surface area (Å²) < 4.78 is 11.6. The molecule has 14 aromatic rings. The van der Waals surface area contributed by atoms with Crippen LogP contribution in [-0.4, -0.2) is 64.9 Å². The summed E-state index contributed by atoms with van der Waals surface area (Å²) in [5, 5.41) is 93.1. The molecule has 346 valence electrons. The van der Waals surface area contributed by atoms with E-state index in [1.165, 1.54) is 4.57 Å². The number of thiophene rings is 1. The lowest BCUT2D eigenvalue weighted by atomic mass is 10.0. The molecule has 0 aliphatic carbocycles. The number of fused-ring (bicyclic) bond motifs is 12. The Morgan fingerprint density at radius 1 is 0.361 bits per heavy atom. The first-order chi connectivity index (χ1) is 35.1. The van der Waals surface area contributed by atoms with Gasteiger partial charge in [-0.2, -0.15) is 0 Å². The highest BCUT2D eigenvalue weighted by Gasteiger charge is 2.33. The third-order valence-corrected chi connectivity index (χ3v) is 14.8. The second-order valence-corrected chi connectivity index (χ2v) is 18.5. The van der Waals surface area contributed by atoms with Gasteiger partial charge in [-0.05, 0) is 42.5 Å². The summed E-state index contributed by atoms with van der Waals surface area (Å²) in [6, 6.07) is 48.8. The highest BCUT2D eigenvalue weighted by molar-refractivity contribution is 7.26. The van der Waals surface area contributed by atoms with Crippen molar-refractivity contribution in [3.05, 3.63) is 152 Å². The molecule has 72 heavy (non-hydrogen) atoms. The molecule has 0 atom stereocenters. The predicted octanol–water partition coefficient (Wildman–Crippen LogP) is 13.0. The molecular formula is C57H33N5O9S. The van der Waals surface area contributed by atoms with Crippen molar-refractivity contribution in [2.75, 3.05) is 0 Å². The van der Waals surface area contributed by atoms with Gasteiger partial charge < -0.3 is 54.4 Å². The zero-order chi connectivity index (χ0) is 48.8. The molecule has 0 bridgehead atoms. The standard InChI is InChI=1S/C57H33N5O9S/c63-46-42-43-45(49(66)53(70)51(68)47(43)64)62(44(42)48(65)52(69)50(46)67)34-21-11-20-33-41(34)27-14-4-6-19-32(27)61(33)35-22-8-16-29-40-31(18-10-25-38(40)72-54(29)35)57-59-55(26-12-2-1-3-13-26)58-56(60-57)30-17-9-24-37-39(30)28-15-5-7-23-36(28)71-37/h1-25,63-70H. The minimum absolute atomic E-state index is 0.270. The first-order valence-corrected chi connectivity index (χ1v) is 23.4. The number of furan rings is 1. The van der Waals surface area contributed by atoms with Gasteiger partial charge in [0.05, 0.1) is 37.9 Å². The third kappa shape index (κ3) is 5.44. The fourth-order valence-electron chi connectivity index (χ4n) is 10.6. The van der Waals surface area contributed by atoms with Gasteiger partial charge in [0.15, 0.2) is 40.5 Å². The molecule has 14 rings (SSSR count). The van der Waals surface area contributed by atoms with E-state index < -0.39 is 56.8 Å². The van der Waals surface area contributed by atoms with E-state index in [0.717, 1.165) is 70.0 Å². The van der Waals surface area contributed by atoms with Crippen LogP contribution in [0.5, 0.6) is 46.0 Å². The van der Waals surface area contributed by atoms with Gasteiger partial charge in [-0.3, -0.25) is 0 Å². The van der Waals surface area contributed by atoms with E-state index in [1.54, 1.807) is 23.5 Å². The number of rotatable bonds is 5. The van der Waals surface area contributed by atoms with Crippen molar-refractivity contribution in [2.24, 2.45) is 0 Å². The number of phenolic OH excluding ortho intramolecular Hbond substituents is 8. The zero-order valence-corrected chi connectivity index (χ0v) is 37.9. The topological polar surface area (TPSA) is 224 Å². The fourth-order valence-corrected chi connectivity index (χ4v) is 11.8. The van der Waals surface area contributed by atoms with Gasteiger partial charge in [-0.25, -0.2) is 15.0 Å². The Morgan fingerprint density at radius 2 is 0.889 bits per heavy atom. The van der Waals surface area contributed by atoms with Crippen molar-refractivity contribution in [1.29, 1.82) is 0 Å². The molecule has 0 spiro atoms. The molecule has 5 aromatic heterocycles. The lowest BCUT2D eigenvalue weighted by Crippen LogP contribution is -2.00. The molecule has 0 amide bonds. The predicted molar refractivity (Wildman–Crippen MR) is 278 cm³/mol. The number of para-hydroxylation sites is 2. The van der Waals surface area contributed by atoms with Crippen molar-refractivity contribution in [1.82, 2.24) is 24.1 Å². The van der Waals surface area contributed by atoms with Crippen molar-refractivity contribution in [3.8, 4) is 91.5 Å². The Hall–Kier alpha value is -9.99. The average molecular weight is 964 g/mol. The minimum Gasteiger partial charge on any atom is -0.504 e. The van der Waals surface area contributed by atoms with E-state index in [4.69, 9.17) is 19.4 Å². The van der Waals surface area contributed by atoms with Crippen molar-refractivity contribution in [2.45, 2.75) is 0 Å². The molecule has 9 aromatic carbocycles. The van der Waals surface area contributed by atoms with Crippen LogP contribution in [0.4, 0.5) is 0 Å². The maximum atomic E-state index is 11.6. The van der Waals surface area contributed by atoms with E-state index in [2.05, 4.69) is 16.7 Å². The number of hydrogen-bond acceptors (Lipinski definition) is 13. The molecule has 0 unspecified atom stereocenters. The normalized spacial score (nSPS) is 12.1. The molecule has 0 aliphatic rings. The molecule has 5 heterocycles. The fraction of sp³-hybridized carbons (Fsp3) is 0. The zero-order valence-electron chi connectivity index (χ0n) is 37.1. The number of hydrogen-bond donors (Lipinski definition) is 8. The van der Waals surface area contributed by atoms with Gasteiger partial charge in [-0.1, -0.05) is 109 Å². The second-order valence-electron chi connectivity index (χ2n) is 17.5. The second kappa shape index (κ2) is 14.8. The number of benzene rings is 9. The monoisotopic (exact) mass is 963 g/mol. The minimum atomic E-state index is -1.10. The highest BCUT2D eigenvalue weighted by Crippen LogP contribution is 2.59. The van der Waals surface area contributed by atoms with Crippen LogP contribution in [0.1, 0.15) is 0 Å². The van der Waals surface area contributed by atoms with Crippen LogP contribution < -0.4 is 0 Å². The van der Waals surface area contributed by atoms with Crippen molar-refractivity contribution >= 4 is 97.1 Å². The Balaban J connectivity index is 1.03. The maximum Gasteiger partial charge on any atom is 0.206 e. The summed E-state index contributed by atoms with van der Waals surface area (Å²) in [5.41, 5.74) is 5.73. The summed E-state index contributed by atoms with van der Waals surface area (Å²) in [6.45, 7) is 0. The number of nitrogens with zero attached hydrogens (tertiary/aromatic N) is 5. The van der Waals surface area contributed by atoms with E-state index in [1.807, 2.05) is 127 Å². The van der Waals surface area contributed by atoms with Gasteiger partial charge in [0.2, 0.25) is 23.0 Å².